The average Bonchev–Trinajstić information content (AvgIpc) is 3.35. The van der Waals surface area contributed by atoms with Crippen LogP contribution in [-0.4, -0.2) is 70.5 Å². The molecule has 5 fully saturated rings. The molecule has 2 aromatic rings. The number of benzene rings is 1. The summed E-state index contributed by atoms with van der Waals surface area (Å²) in [6.07, 6.45) is 4.68. The van der Waals surface area contributed by atoms with Gasteiger partial charge in [-0.05, 0) is 74.0 Å². The van der Waals surface area contributed by atoms with Gasteiger partial charge in [-0.3, -0.25) is 9.69 Å². The fourth-order valence-electron chi connectivity index (χ4n) is 8.78. The molecule has 39 heavy (non-hydrogen) atoms. The van der Waals surface area contributed by atoms with Crippen LogP contribution < -0.4 is 10.1 Å². The number of methoxy groups -OCH3 is 1. The minimum absolute atomic E-state index is 0.151. The molecular formula is C29H36F3N5O2. The van der Waals surface area contributed by atoms with E-state index < -0.39 is 18.3 Å². The van der Waals surface area contributed by atoms with Crippen molar-refractivity contribution in [3.8, 4) is 5.75 Å². The van der Waals surface area contributed by atoms with Crippen molar-refractivity contribution < 1.29 is 22.7 Å². The molecule has 210 valence electrons. The zero-order chi connectivity index (χ0) is 26.9. The third-order valence-electron chi connectivity index (χ3n) is 10.2. The molecule has 0 radical (unpaired) electrons. The molecule has 0 unspecified atom stereocenters. The normalized spacial score (nSPS) is 34.1. The molecule has 1 aromatic carbocycles. The third kappa shape index (κ3) is 4.30. The number of hydrogen-bond acceptors (Lipinski definition) is 5. The van der Waals surface area contributed by atoms with E-state index in [0.29, 0.717) is 29.9 Å². The van der Waals surface area contributed by atoms with E-state index in [2.05, 4.69) is 15.3 Å². The Labute approximate surface area is 226 Å². The van der Waals surface area contributed by atoms with E-state index in [1.54, 1.807) is 36.3 Å². The van der Waals surface area contributed by atoms with Crippen molar-refractivity contribution in [1.29, 1.82) is 0 Å². The van der Waals surface area contributed by atoms with Gasteiger partial charge in [0.2, 0.25) is 0 Å². The van der Waals surface area contributed by atoms with Crippen molar-refractivity contribution in [1.82, 2.24) is 19.6 Å². The maximum atomic E-state index is 14.1. The van der Waals surface area contributed by atoms with Gasteiger partial charge < -0.3 is 15.0 Å². The molecule has 2 aliphatic heterocycles. The minimum Gasteiger partial charge on any atom is -0.497 e. The SMILES string of the molecule is COc1ccc([C@H]2C[C@H](C(F)(F)F)n3ncc(C(=O)N4CCN(C56CC7CC(CC(C7)C5)C6)CC4)c3N2)cc1. The van der Waals surface area contributed by atoms with Gasteiger partial charge in [-0.25, -0.2) is 4.68 Å². The lowest BCUT2D eigenvalue weighted by Gasteiger charge is -2.61. The van der Waals surface area contributed by atoms with Crippen LogP contribution in [0.1, 0.15) is 73.0 Å². The molecule has 7 nitrogen and oxygen atoms in total. The quantitative estimate of drug-likeness (QED) is 0.569. The first kappa shape index (κ1) is 25.2. The number of rotatable bonds is 4. The molecule has 1 saturated heterocycles. The molecule has 4 aliphatic carbocycles. The summed E-state index contributed by atoms with van der Waals surface area (Å²) < 4.78 is 48.6. The molecule has 3 heterocycles. The number of amides is 1. The highest BCUT2D eigenvalue weighted by atomic mass is 19.4. The summed E-state index contributed by atoms with van der Waals surface area (Å²) in [5.41, 5.74) is 1.22. The fourth-order valence-corrected chi connectivity index (χ4v) is 8.78. The van der Waals surface area contributed by atoms with Crippen LogP contribution in [0, 0.1) is 17.8 Å². The zero-order valence-corrected chi connectivity index (χ0v) is 22.3. The van der Waals surface area contributed by atoms with Crippen LogP contribution >= 0.6 is 0 Å². The van der Waals surface area contributed by atoms with Crippen molar-refractivity contribution in [2.45, 2.75) is 68.7 Å². The standard InChI is InChI=1S/C29H36F3N5O2/c1-39-22-4-2-21(3-5-22)24-13-25(29(30,31)32)37-26(34-24)23(17-33-37)27(38)35-6-8-36(9-7-35)28-14-18-10-19(15-28)12-20(11-18)16-28/h2-5,17-20,24-25,34H,6-16H2,1H3/t18?,19?,20?,24-,25-,28?/m1/s1. The second-order valence-corrected chi connectivity index (χ2v) is 12.5. The summed E-state index contributed by atoms with van der Waals surface area (Å²) in [6, 6.07) is 4.59. The lowest BCUT2D eigenvalue weighted by atomic mass is 9.52. The number of halogens is 3. The average molecular weight is 544 g/mol. The van der Waals surface area contributed by atoms with E-state index in [9.17, 15) is 18.0 Å². The largest absolute Gasteiger partial charge is 0.497 e. The van der Waals surface area contributed by atoms with Crippen LogP contribution in [0.3, 0.4) is 0 Å². The molecule has 4 saturated carbocycles. The predicted molar refractivity (Wildman–Crippen MR) is 140 cm³/mol. The molecule has 1 amide bonds. The van der Waals surface area contributed by atoms with Crippen LogP contribution in [0.2, 0.25) is 0 Å². The first-order chi connectivity index (χ1) is 18.7. The van der Waals surface area contributed by atoms with Gasteiger partial charge in [0.25, 0.3) is 5.91 Å². The summed E-state index contributed by atoms with van der Waals surface area (Å²) >= 11 is 0. The molecule has 8 rings (SSSR count). The van der Waals surface area contributed by atoms with Gasteiger partial charge in [-0.1, -0.05) is 12.1 Å². The highest BCUT2D eigenvalue weighted by molar-refractivity contribution is 5.99. The van der Waals surface area contributed by atoms with Crippen LogP contribution in [0.15, 0.2) is 30.5 Å². The van der Waals surface area contributed by atoms with Gasteiger partial charge in [0.15, 0.2) is 6.04 Å². The van der Waals surface area contributed by atoms with Gasteiger partial charge in [-0.15, -0.1) is 0 Å². The molecule has 0 spiro atoms. The number of fused-ring (bicyclic) bond motifs is 1. The van der Waals surface area contributed by atoms with Gasteiger partial charge >= 0.3 is 6.18 Å². The second-order valence-electron chi connectivity index (χ2n) is 12.5. The zero-order valence-electron chi connectivity index (χ0n) is 22.3. The monoisotopic (exact) mass is 543 g/mol. The molecule has 4 bridgehead atoms. The number of nitrogens with one attached hydrogen (secondary N) is 1. The number of anilines is 1. The van der Waals surface area contributed by atoms with Crippen molar-refractivity contribution in [3.63, 3.8) is 0 Å². The topological polar surface area (TPSA) is 62.6 Å². The van der Waals surface area contributed by atoms with E-state index in [4.69, 9.17) is 4.74 Å². The van der Waals surface area contributed by atoms with Gasteiger partial charge in [0.05, 0.1) is 19.3 Å². The van der Waals surface area contributed by atoms with E-state index in [0.717, 1.165) is 35.5 Å². The molecule has 6 aliphatic rings. The van der Waals surface area contributed by atoms with Gasteiger partial charge in [-0.2, -0.15) is 18.3 Å². The highest BCUT2D eigenvalue weighted by Gasteiger charge is 2.54. The number of hydrogen-bond donors (Lipinski definition) is 1. The van der Waals surface area contributed by atoms with E-state index in [1.165, 1.54) is 44.7 Å². The fraction of sp³-hybridized carbons (Fsp3) is 0.655. The second kappa shape index (κ2) is 9.14. The number of carbonyl (C=O) groups is 1. The number of nitrogens with zero attached hydrogens (tertiary/aromatic N) is 4. The molecule has 1 aromatic heterocycles. The summed E-state index contributed by atoms with van der Waals surface area (Å²) in [5.74, 6) is 3.13. The Kier molecular flexibility index (Phi) is 5.92. The minimum atomic E-state index is -4.49. The Hall–Kier alpha value is -2.75. The van der Waals surface area contributed by atoms with Crippen molar-refractivity contribution in [3.05, 3.63) is 41.6 Å². The maximum Gasteiger partial charge on any atom is 0.410 e. The number of ether oxygens (including phenoxy) is 1. The number of piperazine rings is 1. The van der Waals surface area contributed by atoms with Gasteiger partial charge in [0.1, 0.15) is 17.1 Å². The Morgan fingerprint density at radius 2 is 1.59 bits per heavy atom. The molecular weight excluding hydrogens is 507 g/mol. The van der Waals surface area contributed by atoms with Gasteiger partial charge in [0, 0.05) is 38.1 Å². The molecule has 10 heteroatoms. The summed E-state index contributed by atoms with van der Waals surface area (Å²) in [6.45, 7) is 2.84. The van der Waals surface area contributed by atoms with Crippen LogP contribution in [0.4, 0.5) is 19.0 Å². The first-order valence-electron chi connectivity index (χ1n) is 14.3. The summed E-state index contributed by atoms with van der Waals surface area (Å²) in [5, 5.41) is 7.29. The summed E-state index contributed by atoms with van der Waals surface area (Å²) in [7, 11) is 1.55. The Morgan fingerprint density at radius 3 is 2.15 bits per heavy atom. The third-order valence-corrected chi connectivity index (χ3v) is 10.2. The first-order valence-corrected chi connectivity index (χ1v) is 14.3. The Morgan fingerprint density at radius 1 is 0.974 bits per heavy atom. The van der Waals surface area contributed by atoms with E-state index in [1.807, 2.05) is 0 Å². The Balaban J connectivity index is 1.09. The number of alkyl halides is 3. The maximum absolute atomic E-state index is 14.1. The number of aromatic nitrogens is 2. The highest BCUT2D eigenvalue weighted by Crippen LogP contribution is 2.58. The Bertz CT molecular complexity index is 1200. The lowest BCUT2D eigenvalue weighted by Crippen LogP contribution is -2.64. The smallest absolute Gasteiger partial charge is 0.410 e. The predicted octanol–water partition coefficient (Wildman–Crippen LogP) is 5.28. The van der Waals surface area contributed by atoms with Crippen LogP contribution in [-0.2, 0) is 0 Å². The number of carbonyl (C=O) groups excluding carboxylic acids is 1. The molecule has 1 N–H and O–H groups in total. The van der Waals surface area contributed by atoms with Crippen molar-refractivity contribution >= 4 is 11.7 Å². The van der Waals surface area contributed by atoms with E-state index >= 15 is 0 Å². The van der Waals surface area contributed by atoms with Crippen LogP contribution in [0.5, 0.6) is 5.75 Å². The van der Waals surface area contributed by atoms with Crippen molar-refractivity contribution in [2.24, 2.45) is 17.8 Å². The van der Waals surface area contributed by atoms with E-state index in [-0.39, 0.29) is 23.7 Å². The lowest BCUT2D eigenvalue weighted by molar-refractivity contribution is -0.173. The van der Waals surface area contributed by atoms with Crippen molar-refractivity contribution in [2.75, 3.05) is 38.6 Å². The summed E-state index contributed by atoms with van der Waals surface area (Å²) in [4.78, 5) is 18.1. The van der Waals surface area contributed by atoms with Crippen LogP contribution in [0.25, 0.3) is 0 Å². The molecule has 2 atom stereocenters.